The molecule has 8 heteroatoms. The van der Waals surface area contributed by atoms with E-state index >= 15 is 0 Å². The van der Waals surface area contributed by atoms with Crippen LogP contribution in [0.2, 0.25) is 0 Å². The number of carbonyl (C=O) groups excluding carboxylic acids is 1. The van der Waals surface area contributed by atoms with Crippen molar-refractivity contribution in [2.75, 3.05) is 5.32 Å². The van der Waals surface area contributed by atoms with Crippen LogP contribution in [-0.2, 0) is 11.3 Å². The maximum atomic E-state index is 12.3. The Morgan fingerprint density at radius 1 is 1.04 bits per heavy atom. The van der Waals surface area contributed by atoms with Gasteiger partial charge in [-0.2, -0.15) is 0 Å². The highest BCUT2D eigenvalue weighted by Crippen LogP contribution is 2.24. The largest absolute Gasteiger partial charge is 0.294 e. The molecule has 4 rings (SSSR count). The van der Waals surface area contributed by atoms with Gasteiger partial charge in [-0.1, -0.05) is 30.3 Å². The number of aromatic nitrogens is 6. The zero-order chi connectivity index (χ0) is 16.4. The highest BCUT2D eigenvalue weighted by molar-refractivity contribution is 5.92. The van der Waals surface area contributed by atoms with Gasteiger partial charge in [0.2, 0.25) is 11.9 Å². The fourth-order valence-corrected chi connectivity index (χ4v) is 2.51. The Labute approximate surface area is 136 Å². The highest BCUT2D eigenvalue weighted by Gasteiger charge is 2.14. The second-order valence-electron chi connectivity index (χ2n) is 5.15. The molecule has 0 saturated heterocycles. The average molecular weight is 319 g/mol. The van der Waals surface area contributed by atoms with Crippen molar-refractivity contribution in [3.63, 3.8) is 0 Å². The van der Waals surface area contributed by atoms with Crippen molar-refractivity contribution in [3.8, 4) is 5.69 Å². The first-order valence-corrected chi connectivity index (χ1v) is 7.35. The van der Waals surface area contributed by atoms with Gasteiger partial charge in [0.1, 0.15) is 12.9 Å². The van der Waals surface area contributed by atoms with E-state index in [4.69, 9.17) is 0 Å². The molecule has 0 atom stereocenters. The van der Waals surface area contributed by atoms with Crippen LogP contribution in [0.3, 0.4) is 0 Å². The summed E-state index contributed by atoms with van der Waals surface area (Å²) in [7, 11) is 0. The zero-order valence-corrected chi connectivity index (χ0v) is 12.6. The van der Waals surface area contributed by atoms with Crippen molar-refractivity contribution in [3.05, 3.63) is 60.9 Å². The van der Waals surface area contributed by atoms with E-state index in [1.165, 1.54) is 11.0 Å². The number of nitrogens with zero attached hydrogens (tertiary/aromatic N) is 6. The SMILES string of the molecule is O=C(Cn1cnnn1)Nc1nc2ccccc2n1-c1ccccc1. The maximum absolute atomic E-state index is 12.3. The number of nitrogens with one attached hydrogen (secondary N) is 1. The summed E-state index contributed by atoms with van der Waals surface area (Å²) in [5, 5.41) is 13.5. The monoisotopic (exact) mass is 319 g/mol. The van der Waals surface area contributed by atoms with E-state index in [1.54, 1.807) is 0 Å². The number of hydrogen-bond donors (Lipinski definition) is 1. The third kappa shape index (κ3) is 2.60. The Kier molecular flexibility index (Phi) is 3.47. The van der Waals surface area contributed by atoms with E-state index < -0.39 is 0 Å². The van der Waals surface area contributed by atoms with Crippen LogP contribution in [0, 0.1) is 0 Å². The maximum Gasteiger partial charge on any atom is 0.248 e. The summed E-state index contributed by atoms with van der Waals surface area (Å²) in [5.74, 6) is 0.204. The van der Waals surface area contributed by atoms with E-state index in [0.29, 0.717) is 5.95 Å². The molecule has 0 fully saturated rings. The minimum absolute atomic E-state index is 0.0188. The van der Waals surface area contributed by atoms with Crippen molar-refractivity contribution < 1.29 is 4.79 Å². The topological polar surface area (TPSA) is 90.5 Å². The summed E-state index contributed by atoms with van der Waals surface area (Å²) in [4.78, 5) is 16.8. The first-order chi connectivity index (χ1) is 11.8. The van der Waals surface area contributed by atoms with Gasteiger partial charge < -0.3 is 0 Å². The minimum atomic E-state index is -0.255. The molecule has 0 radical (unpaired) electrons. The first kappa shape index (κ1) is 14.1. The summed E-state index contributed by atoms with van der Waals surface area (Å²) in [6.45, 7) is 0.0188. The van der Waals surface area contributed by atoms with Gasteiger partial charge in [0.25, 0.3) is 0 Å². The Morgan fingerprint density at radius 3 is 2.62 bits per heavy atom. The lowest BCUT2D eigenvalue weighted by Crippen LogP contribution is -2.21. The molecule has 24 heavy (non-hydrogen) atoms. The van der Waals surface area contributed by atoms with Crippen LogP contribution in [0.25, 0.3) is 16.7 Å². The number of anilines is 1. The van der Waals surface area contributed by atoms with Gasteiger partial charge in [0.05, 0.1) is 11.0 Å². The van der Waals surface area contributed by atoms with E-state index in [1.807, 2.05) is 59.2 Å². The van der Waals surface area contributed by atoms with Crippen LogP contribution < -0.4 is 5.32 Å². The van der Waals surface area contributed by atoms with Crippen molar-refractivity contribution >= 4 is 22.9 Å². The molecule has 118 valence electrons. The Balaban J connectivity index is 1.73. The number of fused-ring (bicyclic) bond motifs is 1. The normalized spacial score (nSPS) is 10.8. The standard InChI is InChI=1S/C16H13N7O/c24-15(10-22-11-17-20-21-22)19-16-18-13-8-4-5-9-14(13)23(16)12-6-2-1-3-7-12/h1-9,11H,10H2,(H,18,19,24). The summed E-state index contributed by atoms with van der Waals surface area (Å²) in [6, 6.07) is 17.5. The first-order valence-electron chi connectivity index (χ1n) is 7.35. The van der Waals surface area contributed by atoms with E-state index in [-0.39, 0.29) is 12.5 Å². The Morgan fingerprint density at radius 2 is 1.83 bits per heavy atom. The fraction of sp³-hybridized carbons (Fsp3) is 0.0625. The number of hydrogen-bond acceptors (Lipinski definition) is 5. The number of benzene rings is 2. The summed E-state index contributed by atoms with van der Waals surface area (Å²) in [6.07, 6.45) is 1.39. The number of imidazole rings is 1. The third-order valence-electron chi connectivity index (χ3n) is 3.52. The van der Waals surface area contributed by atoms with Crippen LogP contribution in [0.4, 0.5) is 5.95 Å². The van der Waals surface area contributed by atoms with E-state index in [0.717, 1.165) is 16.7 Å². The van der Waals surface area contributed by atoms with Gasteiger partial charge in [-0.05, 0) is 34.7 Å². The zero-order valence-electron chi connectivity index (χ0n) is 12.6. The Hall–Kier alpha value is -3.55. The molecule has 4 aromatic rings. The highest BCUT2D eigenvalue weighted by atomic mass is 16.2. The van der Waals surface area contributed by atoms with E-state index in [2.05, 4.69) is 25.8 Å². The molecule has 0 unspecified atom stereocenters. The minimum Gasteiger partial charge on any atom is -0.294 e. The van der Waals surface area contributed by atoms with Gasteiger partial charge in [-0.15, -0.1) is 5.10 Å². The average Bonchev–Trinajstić information content (AvgIpc) is 3.22. The molecule has 2 aromatic carbocycles. The smallest absolute Gasteiger partial charge is 0.248 e. The molecular weight excluding hydrogens is 306 g/mol. The van der Waals surface area contributed by atoms with Crippen LogP contribution in [0.15, 0.2) is 60.9 Å². The lowest BCUT2D eigenvalue weighted by atomic mass is 10.3. The molecule has 0 aliphatic rings. The summed E-state index contributed by atoms with van der Waals surface area (Å²) >= 11 is 0. The second kappa shape index (κ2) is 5.92. The number of carbonyl (C=O) groups is 1. The molecule has 0 bridgehead atoms. The van der Waals surface area contributed by atoms with Crippen molar-refractivity contribution in [1.82, 2.24) is 29.8 Å². The molecule has 2 aromatic heterocycles. The lowest BCUT2D eigenvalue weighted by Gasteiger charge is -2.10. The van der Waals surface area contributed by atoms with Crippen LogP contribution >= 0.6 is 0 Å². The number of rotatable bonds is 4. The summed E-state index contributed by atoms with van der Waals surface area (Å²) < 4.78 is 3.26. The van der Waals surface area contributed by atoms with Crippen molar-refractivity contribution in [2.45, 2.75) is 6.54 Å². The van der Waals surface area contributed by atoms with Gasteiger partial charge in [-0.25, -0.2) is 9.67 Å². The number of tetrazole rings is 1. The molecule has 0 spiro atoms. The quantitative estimate of drug-likeness (QED) is 0.617. The van der Waals surface area contributed by atoms with Gasteiger partial charge >= 0.3 is 0 Å². The molecular formula is C16H13N7O. The predicted molar refractivity (Wildman–Crippen MR) is 87.5 cm³/mol. The molecule has 0 aliphatic heterocycles. The fourth-order valence-electron chi connectivity index (χ4n) is 2.51. The van der Waals surface area contributed by atoms with Gasteiger partial charge in [0, 0.05) is 5.69 Å². The summed E-state index contributed by atoms with van der Waals surface area (Å²) in [5.41, 5.74) is 2.64. The van der Waals surface area contributed by atoms with Crippen LogP contribution in [-0.4, -0.2) is 35.7 Å². The van der Waals surface area contributed by atoms with Crippen molar-refractivity contribution in [1.29, 1.82) is 0 Å². The van der Waals surface area contributed by atoms with Gasteiger partial charge in [0.15, 0.2) is 0 Å². The third-order valence-corrected chi connectivity index (χ3v) is 3.52. The molecule has 8 nitrogen and oxygen atoms in total. The van der Waals surface area contributed by atoms with E-state index in [9.17, 15) is 4.79 Å². The Bertz CT molecular complexity index is 976. The molecule has 1 N–H and O–H groups in total. The number of para-hydroxylation sites is 3. The molecule has 0 saturated carbocycles. The molecule has 2 heterocycles. The van der Waals surface area contributed by atoms with Crippen LogP contribution in [0.1, 0.15) is 0 Å². The predicted octanol–water partition coefficient (Wildman–Crippen LogP) is 1.65. The number of amides is 1. The van der Waals surface area contributed by atoms with Gasteiger partial charge in [-0.3, -0.25) is 14.7 Å². The second-order valence-corrected chi connectivity index (χ2v) is 5.15. The molecule has 0 aliphatic carbocycles. The van der Waals surface area contributed by atoms with Crippen molar-refractivity contribution in [2.24, 2.45) is 0 Å². The lowest BCUT2D eigenvalue weighted by molar-refractivity contribution is -0.117. The van der Waals surface area contributed by atoms with Crippen LogP contribution in [0.5, 0.6) is 0 Å². The molecule has 1 amide bonds.